The largest absolute Gasteiger partial charge is 0.491 e. The fourth-order valence-corrected chi connectivity index (χ4v) is 3.30. The summed E-state index contributed by atoms with van der Waals surface area (Å²) in [4.78, 5) is 12.5. The maximum Gasteiger partial charge on any atom is 0.233 e. The molecular weight excluding hydrogens is 380 g/mol. The molecule has 0 aliphatic carbocycles. The van der Waals surface area contributed by atoms with E-state index in [1.165, 1.54) is 0 Å². The van der Waals surface area contributed by atoms with Gasteiger partial charge in [0.1, 0.15) is 11.5 Å². The maximum atomic E-state index is 12.5. The van der Waals surface area contributed by atoms with Gasteiger partial charge in [0, 0.05) is 17.5 Å². The molecule has 0 saturated carbocycles. The minimum Gasteiger partial charge on any atom is -0.491 e. The normalized spacial score (nSPS) is 11.2. The van der Waals surface area contributed by atoms with Crippen LogP contribution in [0.25, 0.3) is 10.9 Å². The summed E-state index contributed by atoms with van der Waals surface area (Å²) in [5.74, 6) is 1.59. The number of rotatable bonds is 7. The van der Waals surface area contributed by atoms with Crippen LogP contribution in [0.2, 0.25) is 0 Å². The van der Waals surface area contributed by atoms with Gasteiger partial charge in [-0.25, -0.2) is 0 Å². The molecule has 0 atom stereocenters. The number of amides is 1. The molecule has 1 amide bonds. The van der Waals surface area contributed by atoms with Crippen LogP contribution in [0, 0.1) is 6.92 Å². The zero-order valence-electron chi connectivity index (χ0n) is 17.3. The van der Waals surface area contributed by atoms with Gasteiger partial charge in [0.05, 0.1) is 30.3 Å². The molecule has 0 spiro atoms. The topological polar surface area (TPSA) is 82.2 Å². The summed E-state index contributed by atoms with van der Waals surface area (Å²) in [6.45, 7) is 6.38. The van der Waals surface area contributed by atoms with Crippen molar-refractivity contribution in [1.29, 1.82) is 0 Å². The van der Waals surface area contributed by atoms with Gasteiger partial charge in [-0.3, -0.25) is 9.48 Å². The molecule has 0 radical (unpaired) electrons. The number of aryl methyl sites for hydroxylation is 1. The van der Waals surface area contributed by atoms with E-state index >= 15 is 0 Å². The van der Waals surface area contributed by atoms with E-state index in [4.69, 9.17) is 9.26 Å². The fraction of sp³-hybridized carbons (Fsp3) is 0.261. The fourth-order valence-electron chi connectivity index (χ4n) is 3.30. The SMILES string of the molecule is Cc1cc(CC(=O)Nc2nn(Cc3ccccc3)c3cc(OC(C)C)ccc23)on1. The highest BCUT2D eigenvalue weighted by molar-refractivity contribution is 6.00. The van der Waals surface area contributed by atoms with Crippen molar-refractivity contribution in [2.75, 3.05) is 5.32 Å². The van der Waals surface area contributed by atoms with Gasteiger partial charge in [-0.1, -0.05) is 35.5 Å². The Bertz CT molecular complexity index is 1160. The summed E-state index contributed by atoms with van der Waals surface area (Å²) in [6.07, 6.45) is 0.167. The minimum absolute atomic E-state index is 0.0671. The second-order valence-corrected chi connectivity index (χ2v) is 7.50. The summed E-state index contributed by atoms with van der Waals surface area (Å²) in [5, 5.41) is 12.3. The molecule has 0 fully saturated rings. The van der Waals surface area contributed by atoms with E-state index in [-0.39, 0.29) is 18.4 Å². The molecule has 2 heterocycles. The Hall–Kier alpha value is -3.61. The molecule has 0 bridgehead atoms. The van der Waals surface area contributed by atoms with E-state index in [9.17, 15) is 4.79 Å². The monoisotopic (exact) mass is 404 g/mol. The molecule has 2 aromatic carbocycles. The van der Waals surface area contributed by atoms with Crippen molar-refractivity contribution in [3.05, 3.63) is 71.6 Å². The summed E-state index contributed by atoms with van der Waals surface area (Å²) in [7, 11) is 0. The maximum absolute atomic E-state index is 12.5. The predicted molar refractivity (Wildman–Crippen MR) is 115 cm³/mol. The lowest BCUT2D eigenvalue weighted by molar-refractivity contribution is -0.115. The molecule has 7 heteroatoms. The van der Waals surface area contributed by atoms with Gasteiger partial charge in [-0.15, -0.1) is 0 Å². The van der Waals surface area contributed by atoms with Crippen LogP contribution in [0.3, 0.4) is 0 Å². The van der Waals surface area contributed by atoms with Crippen LogP contribution in [0.4, 0.5) is 5.82 Å². The van der Waals surface area contributed by atoms with Crippen molar-refractivity contribution >= 4 is 22.6 Å². The number of aromatic nitrogens is 3. The number of hydrogen-bond acceptors (Lipinski definition) is 5. The van der Waals surface area contributed by atoms with Crippen molar-refractivity contribution in [2.45, 2.75) is 39.8 Å². The molecule has 30 heavy (non-hydrogen) atoms. The van der Waals surface area contributed by atoms with Crippen molar-refractivity contribution in [2.24, 2.45) is 0 Å². The zero-order chi connectivity index (χ0) is 21.1. The number of ether oxygens (including phenoxy) is 1. The number of fused-ring (bicyclic) bond motifs is 1. The average Bonchev–Trinajstić information content (AvgIpc) is 3.25. The molecule has 0 aliphatic heterocycles. The van der Waals surface area contributed by atoms with Crippen molar-refractivity contribution in [1.82, 2.24) is 14.9 Å². The summed E-state index contributed by atoms with van der Waals surface area (Å²) in [5.41, 5.74) is 2.75. The lowest BCUT2D eigenvalue weighted by Crippen LogP contribution is -2.15. The number of carbonyl (C=O) groups is 1. The van der Waals surface area contributed by atoms with Gasteiger partial charge in [-0.05, 0) is 38.5 Å². The van der Waals surface area contributed by atoms with Gasteiger partial charge in [0.15, 0.2) is 5.82 Å². The Morgan fingerprint density at radius 3 is 2.67 bits per heavy atom. The first-order valence-corrected chi connectivity index (χ1v) is 9.91. The highest BCUT2D eigenvalue weighted by Crippen LogP contribution is 2.28. The quantitative estimate of drug-likeness (QED) is 0.495. The number of anilines is 1. The van der Waals surface area contributed by atoms with Crippen LogP contribution < -0.4 is 10.1 Å². The number of nitrogens with zero attached hydrogens (tertiary/aromatic N) is 3. The van der Waals surface area contributed by atoms with Gasteiger partial charge in [0.25, 0.3) is 0 Å². The van der Waals surface area contributed by atoms with Crippen molar-refractivity contribution in [3.63, 3.8) is 0 Å². The average molecular weight is 404 g/mol. The molecule has 1 N–H and O–H groups in total. The Kier molecular flexibility index (Phi) is 5.52. The first-order valence-electron chi connectivity index (χ1n) is 9.91. The molecule has 0 aliphatic rings. The van der Waals surface area contributed by atoms with Crippen LogP contribution in [0.5, 0.6) is 5.75 Å². The van der Waals surface area contributed by atoms with E-state index < -0.39 is 0 Å². The van der Waals surface area contributed by atoms with E-state index in [0.717, 1.165) is 27.9 Å². The molecule has 4 aromatic rings. The molecule has 7 nitrogen and oxygen atoms in total. The highest BCUT2D eigenvalue weighted by atomic mass is 16.5. The van der Waals surface area contributed by atoms with Crippen LogP contribution in [-0.4, -0.2) is 26.9 Å². The standard InChI is InChI=1S/C23H24N4O3/c1-15(2)29-18-9-10-20-21(12-18)27(14-17-7-5-4-6-8-17)25-23(20)24-22(28)13-19-11-16(3)26-30-19/h4-12,15H,13-14H2,1-3H3,(H,24,25,28). The van der Waals surface area contributed by atoms with E-state index in [1.54, 1.807) is 6.07 Å². The Labute approximate surface area is 174 Å². The van der Waals surface area contributed by atoms with Crippen LogP contribution in [0.1, 0.15) is 30.9 Å². The van der Waals surface area contributed by atoms with Crippen LogP contribution in [0.15, 0.2) is 59.1 Å². The van der Waals surface area contributed by atoms with E-state index in [0.29, 0.717) is 18.1 Å². The molecular formula is C23H24N4O3. The van der Waals surface area contributed by atoms with Crippen molar-refractivity contribution in [3.8, 4) is 5.75 Å². The van der Waals surface area contributed by atoms with E-state index in [2.05, 4.69) is 15.6 Å². The lowest BCUT2D eigenvalue weighted by atomic mass is 10.2. The molecule has 154 valence electrons. The summed E-state index contributed by atoms with van der Waals surface area (Å²) < 4.78 is 12.9. The minimum atomic E-state index is -0.208. The van der Waals surface area contributed by atoms with Gasteiger partial charge >= 0.3 is 0 Å². The smallest absolute Gasteiger partial charge is 0.233 e. The first-order chi connectivity index (χ1) is 14.5. The van der Waals surface area contributed by atoms with E-state index in [1.807, 2.05) is 74.0 Å². The second-order valence-electron chi connectivity index (χ2n) is 7.50. The Morgan fingerprint density at radius 2 is 1.97 bits per heavy atom. The highest BCUT2D eigenvalue weighted by Gasteiger charge is 2.16. The third kappa shape index (κ3) is 4.51. The Balaban J connectivity index is 1.65. The first kappa shape index (κ1) is 19.7. The zero-order valence-corrected chi connectivity index (χ0v) is 17.3. The third-order valence-corrected chi connectivity index (χ3v) is 4.54. The predicted octanol–water partition coefficient (Wildman–Crippen LogP) is 4.35. The lowest BCUT2D eigenvalue weighted by Gasteiger charge is -2.10. The molecule has 4 rings (SSSR count). The molecule has 0 unspecified atom stereocenters. The Morgan fingerprint density at radius 1 is 1.17 bits per heavy atom. The number of benzene rings is 2. The second kappa shape index (κ2) is 8.41. The van der Waals surface area contributed by atoms with Crippen LogP contribution in [-0.2, 0) is 17.8 Å². The van der Waals surface area contributed by atoms with Crippen LogP contribution >= 0.6 is 0 Å². The van der Waals surface area contributed by atoms with Gasteiger partial charge in [-0.2, -0.15) is 5.10 Å². The molecule has 0 saturated heterocycles. The van der Waals surface area contributed by atoms with Gasteiger partial charge < -0.3 is 14.6 Å². The van der Waals surface area contributed by atoms with Gasteiger partial charge in [0.2, 0.25) is 5.91 Å². The summed E-state index contributed by atoms with van der Waals surface area (Å²) >= 11 is 0. The third-order valence-electron chi connectivity index (χ3n) is 4.54. The number of nitrogens with one attached hydrogen (secondary N) is 1. The van der Waals surface area contributed by atoms with Crippen molar-refractivity contribution < 1.29 is 14.1 Å². The number of carbonyl (C=O) groups excluding carboxylic acids is 1. The number of hydrogen-bond donors (Lipinski definition) is 1. The molecule has 2 aromatic heterocycles. The summed E-state index contributed by atoms with van der Waals surface area (Å²) in [6, 6.07) is 17.6.